The molecule has 2 aromatic rings. The van der Waals surface area contributed by atoms with E-state index < -0.39 is 5.41 Å². The lowest BCUT2D eigenvalue weighted by atomic mass is 9.77. The van der Waals surface area contributed by atoms with Gasteiger partial charge < -0.3 is 4.74 Å². The van der Waals surface area contributed by atoms with E-state index in [2.05, 4.69) is 18.1 Å². The second-order valence-electron chi connectivity index (χ2n) is 5.35. The number of fused-ring (bicyclic) bond motifs is 1. The van der Waals surface area contributed by atoms with Crippen molar-refractivity contribution >= 4 is 0 Å². The molecule has 1 unspecified atom stereocenters. The number of rotatable bonds is 3. The topological polar surface area (TPSA) is 50.8 Å². The van der Waals surface area contributed by atoms with Crippen molar-refractivity contribution in [3.05, 3.63) is 47.8 Å². The van der Waals surface area contributed by atoms with Crippen LogP contribution in [0.3, 0.4) is 0 Å². The number of hydrogen-bond donors (Lipinski definition) is 0. The van der Waals surface area contributed by atoms with Gasteiger partial charge in [-0.2, -0.15) is 10.4 Å². The normalized spacial score (nSPS) is 20.8. The minimum absolute atomic E-state index is 0.442. The van der Waals surface area contributed by atoms with Crippen molar-refractivity contribution in [3.63, 3.8) is 0 Å². The van der Waals surface area contributed by atoms with Gasteiger partial charge in [0.2, 0.25) is 0 Å². The van der Waals surface area contributed by atoms with Crippen LogP contribution in [0.25, 0.3) is 0 Å². The first-order chi connectivity index (χ1) is 9.74. The third kappa shape index (κ3) is 2.27. The second kappa shape index (κ2) is 5.01. The molecule has 0 bridgehead atoms. The molecule has 20 heavy (non-hydrogen) atoms. The fourth-order valence-electron chi connectivity index (χ4n) is 2.71. The molecule has 4 nitrogen and oxygen atoms in total. The zero-order chi connectivity index (χ0) is 14.0. The number of ether oxygens (including phenoxy) is 1. The largest absolute Gasteiger partial charge is 0.492 e. The molecule has 1 atom stereocenters. The summed E-state index contributed by atoms with van der Waals surface area (Å²) in [5.41, 5.74) is 1.72. The van der Waals surface area contributed by atoms with Crippen molar-refractivity contribution in [1.82, 2.24) is 9.78 Å². The van der Waals surface area contributed by atoms with Crippen molar-refractivity contribution in [2.24, 2.45) is 5.41 Å². The van der Waals surface area contributed by atoms with Crippen LogP contribution in [0.5, 0.6) is 5.75 Å². The van der Waals surface area contributed by atoms with E-state index in [4.69, 9.17) is 4.74 Å². The van der Waals surface area contributed by atoms with Crippen molar-refractivity contribution in [1.29, 1.82) is 5.26 Å². The Morgan fingerprint density at radius 2 is 2.30 bits per heavy atom. The third-order valence-electron chi connectivity index (χ3n) is 3.80. The molecule has 0 saturated heterocycles. The highest BCUT2D eigenvalue weighted by Gasteiger charge is 2.36. The summed E-state index contributed by atoms with van der Waals surface area (Å²) in [5.74, 6) is 0.905. The third-order valence-corrected chi connectivity index (χ3v) is 3.80. The smallest absolute Gasteiger partial charge is 0.122 e. The number of aryl methyl sites for hydroxylation is 1. The highest BCUT2D eigenvalue weighted by molar-refractivity contribution is 5.38. The summed E-state index contributed by atoms with van der Waals surface area (Å²) in [5, 5.41) is 13.9. The van der Waals surface area contributed by atoms with Crippen molar-refractivity contribution in [2.75, 3.05) is 6.61 Å². The molecule has 4 heteroatoms. The highest BCUT2D eigenvalue weighted by Crippen LogP contribution is 2.36. The van der Waals surface area contributed by atoms with E-state index in [-0.39, 0.29) is 0 Å². The molecule has 102 valence electrons. The first-order valence-corrected chi connectivity index (χ1v) is 6.88. The van der Waals surface area contributed by atoms with E-state index in [0.717, 1.165) is 29.8 Å². The molecule has 0 amide bonds. The van der Waals surface area contributed by atoms with Crippen LogP contribution in [-0.4, -0.2) is 16.4 Å². The van der Waals surface area contributed by atoms with Crippen LogP contribution in [-0.2, 0) is 19.4 Å². The van der Waals surface area contributed by atoms with Crippen molar-refractivity contribution in [3.8, 4) is 11.8 Å². The van der Waals surface area contributed by atoms with Crippen molar-refractivity contribution < 1.29 is 4.74 Å². The predicted octanol–water partition coefficient (Wildman–Crippen LogP) is 2.59. The summed E-state index contributed by atoms with van der Waals surface area (Å²) in [6, 6.07) is 10.4. The molecule has 0 saturated carbocycles. The summed E-state index contributed by atoms with van der Waals surface area (Å²) in [6.45, 7) is 3.34. The Balaban J connectivity index is 1.85. The average Bonchev–Trinajstić information content (AvgIpc) is 2.94. The molecule has 2 heterocycles. The van der Waals surface area contributed by atoms with Gasteiger partial charge in [-0.1, -0.05) is 18.2 Å². The number of para-hydroxylation sites is 1. The maximum Gasteiger partial charge on any atom is 0.122 e. The van der Waals surface area contributed by atoms with E-state index in [1.54, 1.807) is 0 Å². The Bertz CT molecular complexity index is 656. The molecule has 0 spiro atoms. The van der Waals surface area contributed by atoms with Crippen LogP contribution >= 0.6 is 0 Å². The lowest BCUT2D eigenvalue weighted by Gasteiger charge is -2.32. The predicted molar refractivity (Wildman–Crippen MR) is 75.3 cm³/mol. The summed E-state index contributed by atoms with van der Waals surface area (Å²) >= 11 is 0. The zero-order valence-corrected chi connectivity index (χ0v) is 11.5. The van der Waals surface area contributed by atoms with Crippen LogP contribution in [0.1, 0.15) is 18.1 Å². The number of nitriles is 1. The fraction of sp³-hybridized carbons (Fsp3) is 0.375. The summed E-state index contributed by atoms with van der Waals surface area (Å²) in [4.78, 5) is 0. The maximum atomic E-state index is 9.64. The van der Waals surface area contributed by atoms with E-state index in [0.29, 0.717) is 13.0 Å². The Morgan fingerprint density at radius 3 is 3.05 bits per heavy atom. The molecule has 1 aromatic heterocycles. The minimum Gasteiger partial charge on any atom is -0.492 e. The van der Waals surface area contributed by atoms with Gasteiger partial charge in [-0.15, -0.1) is 0 Å². The van der Waals surface area contributed by atoms with E-state index in [1.165, 1.54) is 0 Å². The summed E-state index contributed by atoms with van der Waals surface area (Å²) in [7, 11) is 0. The van der Waals surface area contributed by atoms with Gasteiger partial charge in [-0.25, -0.2) is 0 Å². The monoisotopic (exact) mass is 267 g/mol. The average molecular weight is 267 g/mol. The number of hydrogen-bond acceptors (Lipinski definition) is 3. The molecule has 0 aliphatic carbocycles. The Kier molecular flexibility index (Phi) is 3.19. The number of aromatic nitrogens is 2. The molecule has 3 rings (SSSR count). The molecule has 1 aromatic carbocycles. The van der Waals surface area contributed by atoms with Gasteiger partial charge in [0.25, 0.3) is 0 Å². The van der Waals surface area contributed by atoms with Gasteiger partial charge in [0.05, 0.1) is 17.7 Å². The van der Waals surface area contributed by atoms with Gasteiger partial charge in [0.15, 0.2) is 0 Å². The van der Waals surface area contributed by atoms with Crippen LogP contribution in [0.4, 0.5) is 0 Å². The van der Waals surface area contributed by atoms with E-state index in [9.17, 15) is 5.26 Å². The van der Waals surface area contributed by atoms with Crippen LogP contribution in [0.2, 0.25) is 0 Å². The van der Waals surface area contributed by atoms with Gasteiger partial charge in [-0.3, -0.25) is 4.68 Å². The molecule has 0 N–H and O–H groups in total. The van der Waals surface area contributed by atoms with Crippen LogP contribution < -0.4 is 4.74 Å². The van der Waals surface area contributed by atoms with E-state index in [1.807, 2.05) is 41.3 Å². The van der Waals surface area contributed by atoms with Gasteiger partial charge in [0.1, 0.15) is 12.4 Å². The summed E-state index contributed by atoms with van der Waals surface area (Å²) in [6.07, 6.45) is 5.28. The zero-order valence-electron chi connectivity index (χ0n) is 11.5. The second-order valence-corrected chi connectivity index (χ2v) is 5.35. The molecule has 1 aliphatic rings. The van der Waals surface area contributed by atoms with Crippen molar-refractivity contribution in [2.45, 2.75) is 26.3 Å². The molecule has 1 aliphatic heterocycles. The van der Waals surface area contributed by atoms with Gasteiger partial charge in [-0.05, 0) is 37.0 Å². The van der Waals surface area contributed by atoms with Gasteiger partial charge >= 0.3 is 0 Å². The highest BCUT2D eigenvalue weighted by atomic mass is 16.5. The van der Waals surface area contributed by atoms with Gasteiger partial charge in [0, 0.05) is 12.7 Å². The van der Waals surface area contributed by atoms with Crippen LogP contribution in [0, 0.1) is 16.7 Å². The fourth-order valence-corrected chi connectivity index (χ4v) is 2.71. The Hall–Kier alpha value is -2.28. The minimum atomic E-state index is -0.490. The SMILES string of the molecule is CCn1cc(CC2(C#N)COc3ccccc3C2)cn1. The standard InChI is InChI=1S/C16H17N3O/c1-2-19-10-13(9-18-19)7-16(11-17)8-14-5-3-4-6-15(14)20-12-16/h3-6,9-10H,2,7-8,12H2,1H3. The lowest BCUT2D eigenvalue weighted by molar-refractivity contribution is 0.169. The maximum absolute atomic E-state index is 9.64. The summed E-state index contributed by atoms with van der Waals surface area (Å²) < 4.78 is 7.67. The lowest BCUT2D eigenvalue weighted by Crippen LogP contribution is -2.35. The molecular formula is C16H17N3O. The van der Waals surface area contributed by atoms with Crippen LogP contribution in [0.15, 0.2) is 36.7 Å². The molecular weight excluding hydrogens is 250 g/mol. The molecule has 0 fully saturated rings. The number of nitrogens with zero attached hydrogens (tertiary/aromatic N) is 3. The Labute approximate surface area is 118 Å². The number of benzene rings is 1. The first kappa shape index (κ1) is 12.7. The Morgan fingerprint density at radius 1 is 1.45 bits per heavy atom. The first-order valence-electron chi connectivity index (χ1n) is 6.88. The molecule has 0 radical (unpaired) electrons. The van der Waals surface area contributed by atoms with E-state index >= 15 is 0 Å². The quantitative estimate of drug-likeness (QED) is 0.859.